The summed E-state index contributed by atoms with van der Waals surface area (Å²) < 4.78 is 0. The molecule has 2 aromatic rings. The highest BCUT2D eigenvalue weighted by Crippen LogP contribution is 2.45. The molecule has 0 spiro atoms. The molecule has 0 aliphatic heterocycles. The molecule has 170 valence electrons. The molecule has 1 aliphatic carbocycles. The maximum atomic E-state index is 12.8. The Kier molecular flexibility index (Phi) is 6.31. The highest BCUT2D eigenvalue weighted by Gasteiger charge is 2.35. The van der Waals surface area contributed by atoms with Crippen LogP contribution in [0.5, 0.6) is 0 Å². The first-order chi connectivity index (χ1) is 15.0. The Bertz CT molecular complexity index is 1120. The van der Waals surface area contributed by atoms with Gasteiger partial charge in [0.2, 0.25) is 0 Å². The molecule has 3 N–H and O–H groups in total. The molecule has 11 heteroatoms. The minimum atomic E-state index is -0.853. The SMILES string of the molecule is CCC(C)(C)C1CCc2c(sc(NC(=O)c3ccc([N+](=O)[O-])cc3[N+](=O)[O-])c2C(N)=O)C1. The number of fused-ring (bicyclic) bond motifs is 1. The lowest BCUT2D eigenvalue weighted by atomic mass is 9.69. The van der Waals surface area contributed by atoms with E-state index in [1.54, 1.807) is 0 Å². The largest absolute Gasteiger partial charge is 0.365 e. The maximum absolute atomic E-state index is 12.8. The number of nitro groups is 2. The van der Waals surface area contributed by atoms with E-state index in [4.69, 9.17) is 5.73 Å². The molecule has 1 atom stereocenters. The van der Waals surface area contributed by atoms with E-state index >= 15 is 0 Å². The average molecular weight is 461 g/mol. The summed E-state index contributed by atoms with van der Waals surface area (Å²) in [5.74, 6) is -1.10. The molecule has 2 amide bonds. The standard InChI is InChI=1S/C21H24N4O6S/c1-4-21(2,3)11-5-7-14-16(9-11)32-20(17(14)18(22)26)23-19(27)13-8-6-12(24(28)29)10-15(13)25(30)31/h6,8,10-11H,4-5,7,9H2,1-3H3,(H2,22,26)(H,23,27). The van der Waals surface area contributed by atoms with Crippen LogP contribution < -0.4 is 11.1 Å². The summed E-state index contributed by atoms with van der Waals surface area (Å²) >= 11 is 1.26. The summed E-state index contributed by atoms with van der Waals surface area (Å²) in [6.45, 7) is 6.56. The van der Waals surface area contributed by atoms with Gasteiger partial charge in [-0.15, -0.1) is 11.3 Å². The van der Waals surface area contributed by atoms with Crippen LogP contribution >= 0.6 is 11.3 Å². The molecule has 0 saturated heterocycles. The van der Waals surface area contributed by atoms with E-state index in [0.29, 0.717) is 12.3 Å². The highest BCUT2D eigenvalue weighted by atomic mass is 32.1. The van der Waals surface area contributed by atoms with Crippen molar-refractivity contribution >= 4 is 39.5 Å². The second-order valence-electron chi connectivity index (χ2n) is 8.52. The normalized spacial score (nSPS) is 15.7. The third-order valence-electron chi connectivity index (χ3n) is 6.39. The van der Waals surface area contributed by atoms with E-state index in [2.05, 4.69) is 26.1 Å². The number of thiophene rings is 1. The third kappa shape index (κ3) is 4.33. The number of benzene rings is 1. The van der Waals surface area contributed by atoms with Crippen molar-refractivity contribution in [2.75, 3.05) is 5.32 Å². The second-order valence-corrected chi connectivity index (χ2v) is 9.63. The van der Waals surface area contributed by atoms with Gasteiger partial charge in [0.15, 0.2) is 0 Å². The smallest absolute Gasteiger partial charge is 0.289 e. The lowest BCUT2D eigenvalue weighted by Gasteiger charge is -2.36. The van der Waals surface area contributed by atoms with Gasteiger partial charge in [0.05, 0.1) is 21.5 Å². The van der Waals surface area contributed by atoms with Gasteiger partial charge in [-0.25, -0.2) is 0 Å². The highest BCUT2D eigenvalue weighted by molar-refractivity contribution is 7.17. The fourth-order valence-corrected chi connectivity index (χ4v) is 5.37. The van der Waals surface area contributed by atoms with Crippen molar-refractivity contribution in [1.29, 1.82) is 0 Å². The number of nitrogens with one attached hydrogen (secondary N) is 1. The molecule has 0 bridgehead atoms. The van der Waals surface area contributed by atoms with Crippen molar-refractivity contribution in [1.82, 2.24) is 0 Å². The Morgan fingerprint density at radius 1 is 1.25 bits per heavy atom. The molecular formula is C21H24N4O6S. The van der Waals surface area contributed by atoms with Gasteiger partial charge in [-0.2, -0.15) is 0 Å². The van der Waals surface area contributed by atoms with Gasteiger partial charge >= 0.3 is 0 Å². The monoisotopic (exact) mass is 460 g/mol. The number of carbonyl (C=O) groups is 2. The van der Waals surface area contributed by atoms with Crippen molar-refractivity contribution in [3.8, 4) is 0 Å². The van der Waals surface area contributed by atoms with Crippen LogP contribution in [0.1, 0.15) is 64.8 Å². The first-order valence-electron chi connectivity index (χ1n) is 10.1. The number of nitrogens with two attached hydrogens (primary N) is 1. The van der Waals surface area contributed by atoms with Gasteiger partial charge in [-0.1, -0.05) is 27.2 Å². The van der Waals surface area contributed by atoms with Crippen LogP contribution in [0.15, 0.2) is 18.2 Å². The number of hydrogen-bond donors (Lipinski definition) is 2. The van der Waals surface area contributed by atoms with Crippen LogP contribution in [0, 0.1) is 31.6 Å². The molecule has 0 radical (unpaired) electrons. The first-order valence-corrected chi connectivity index (χ1v) is 11.0. The van der Waals surface area contributed by atoms with Gasteiger partial charge < -0.3 is 11.1 Å². The fourth-order valence-electron chi connectivity index (χ4n) is 4.04. The van der Waals surface area contributed by atoms with Crippen LogP contribution in [0.2, 0.25) is 0 Å². The van der Waals surface area contributed by atoms with Gasteiger partial charge in [-0.05, 0) is 42.2 Å². The number of primary amides is 1. The number of hydrogen-bond acceptors (Lipinski definition) is 7. The molecule has 1 unspecified atom stereocenters. The van der Waals surface area contributed by atoms with Gasteiger partial charge in [0.1, 0.15) is 10.6 Å². The predicted octanol–water partition coefficient (Wildman–Crippen LogP) is 4.46. The molecule has 1 aliphatic rings. The molecule has 1 aromatic carbocycles. The van der Waals surface area contributed by atoms with E-state index in [-0.39, 0.29) is 21.5 Å². The quantitative estimate of drug-likeness (QED) is 0.458. The van der Waals surface area contributed by atoms with E-state index in [9.17, 15) is 29.8 Å². The van der Waals surface area contributed by atoms with Gasteiger partial charge in [-0.3, -0.25) is 29.8 Å². The minimum absolute atomic E-state index is 0.122. The minimum Gasteiger partial charge on any atom is -0.365 e. The molecule has 1 heterocycles. The zero-order chi connectivity index (χ0) is 23.8. The number of nitrogens with zero attached hydrogens (tertiary/aromatic N) is 2. The molecule has 3 rings (SSSR count). The van der Waals surface area contributed by atoms with Crippen molar-refractivity contribution in [3.63, 3.8) is 0 Å². The van der Waals surface area contributed by atoms with Crippen LogP contribution in [-0.2, 0) is 12.8 Å². The molecule has 0 saturated carbocycles. The Hall–Kier alpha value is -3.34. The number of rotatable bonds is 7. The molecule has 32 heavy (non-hydrogen) atoms. The number of non-ortho nitro benzene ring substituents is 1. The van der Waals surface area contributed by atoms with Gasteiger partial charge in [0, 0.05) is 10.9 Å². The van der Waals surface area contributed by atoms with Gasteiger partial charge in [0.25, 0.3) is 23.2 Å². The van der Waals surface area contributed by atoms with Crippen LogP contribution in [-0.4, -0.2) is 21.7 Å². The zero-order valence-corrected chi connectivity index (χ0v) is 18.8. The zero-order valence-electron chi connectivity index (χ0n) is 18.0. The van der Waals surface area contributed by atoms with Crippen LogP contribution in [0.3, 0.4) is 0 Å². The molecule has 10 nitrogen and oxygen atoms in total. The number of amides is 2. The Labute approximate surface area is 188 Å². The molecular weight excluding hydrogens is 436 g/mol. The lowest BCUT2D eigenvalue weighted by Crippen LogP contribution is -2.29. The predicted molar refractivity (Wildman–Crippen MR) is 120 cm³/mol. The molecule has 1 aromatic heterocycles. The number of anilines is 1. The number of carbonyl (C=O) groups excluding carboxylic acids is 2. The van der Waals surface area contributed by atoms with Crippen molar-refractivity contribution in [2.24, 2.45) is 17.1 Å². The van der Waals surface area contributed by atoms with E-state index in [0.717, 1.165) is 47.9 Å². The summed E-state index contributed by atoms with van der Waals surface area (Å²) in [7, 11) is 0. The van der Waals surface area contributed by atoms with Crippen molar-refractivity contribution in [2.45, 2.75) is 46.5 Å². The van der Waals surface area contributed by atoms with E-state index in [1.165, 1.54) is 11.3 Å². The van der Waals surface area contributed by atoms with Crippen molar-refractivity contribution in [3.05, 3.63) is 60.0 Å². The molecule has 0 fully saturated rings. The summed E-state index contributed by atoms with van der Waals surface area (Å²) in [6, 6.07) is 2.79. The fraction of sp³-hybridized carbons (Fsp3) is 0.429. The summed E-state index contributed by atoms with van der Waals surface area (Å²) in [4.78, 5) is 46.7. The van der Waals surface area contributed by atoms with Crippen LogP contribution in [0.25, 0.3) is 0 Å². The number of nitro benzene ring substituents is 2. The second kappa shape index (κ2) is 8.65. The lowest BCUT2D eigenvalue weighted by molar-refractivity contribution is -0.394. The maximum Gasteiger partial charge on any atom is 0.289 e. The first kappa shape index (κ1) is 23.3. The Morgan fingerprint density at radius 3 is 2.50 bits per heavy atom. The Morgan fingerprint density at radius 2 is 1.94 bits per heavy atom. The third-order valence-corrected chi connectivity index (χ3v) is 7.56. The topological polar surface area (TPSA) is 158 Å². The summed E-state index contributed by atoms with van der Waals surface area (Å²) in [5, 5.41) is 25.1. The van der Waals surface area contributed by atoms with E-state index in [1.807, 2.05) is 0 Å². The van der Waals surface area contributed by atoms with Crippen LogP contribution in [0.4, 0.5) is 16.4 Å². The Balaban J connectivity index is 1.97. The average Bonchev–Trinajstić information content (AvgIpc) is 3.10. The van der Waals surface area contributed by atoms with E-state index < -0.39 is 33.0 Å². The summed E-state index contributed by atoms with van der Waals surface area (Å²) in [6.07, 6.45) is 3.32. The summed E-state index contributed by atoms with van der Waals surface area (Å²) in [5.41, 5.74) is 5.25. The van der Waals surface area contributed by atoms with Crippen molar-refractivity contribution < 1.29 is 19.4 Å².